The second-order valence-corrected chi connectivity index (χ2v) is 14.6. The molecule has 45 heavy (non-hydrogen) atoms. The van der Waals surface area contributed by atoms with Crippen LogP contribution in [0.25, 0.3) is 0 Å². The third-order valence-electron chi connectivity index (χ3n) is 8.74. The molecule has 4 heterocycles. The van der Waals surface area contributed by atoms with Gasteiger partial charge in [0, 0.05) is 47.8 Å². The van der Waals surface area contributed by atoms with E-state index in [4.69, 9.17) is 9.47 Å². The van der Waals surface area contributed by atoms with Crippen molar-refractivity contribution >= 4 is 35.4 Å². The molecular weight excluding hydrogens is 600 g/mol. The molecule has 0 aliphatic carbocycles. The first-order valence-electron chi connectivity index (χ1n) is 15.5. The predicted octanol–water partition coefficient (Wildman–Crippen LogP) is 4.43. The van der Waals surface area contributed by atoms with Gasteiger partial charge in [0.15, 0.2) is 0 Å². The minimum absolute atomic E-state index is 0.0690. The average Bonchev–Trinajstić information content (AvgIpc) is 3.18. The van der Waals surface area contributed by atoms with Gasteiger partial charge in [0.05, 0.1) is 29.0 Å². The zero-order valence-electron chi connectivity index (χ0n) is 26.4. The van der Waals surface area contributed by atoms with E-state index < -0.39 is 34.6 Å². The lowest BCUT2D eigenvalue weighted by Gasteiger charge is -2.46. The van der Waals surface area contributed by atoms with Crippen molar-refractivity contribution in [2.24, 2.45) is 11.8 Å². The van der Waals surface area contributed by atoms with Gasteiger partial charge in [-0.05, 0) is 76.9 Å². The van der Waals surface area contributed by atoms with Crippen LogP contribution in [0.15, 0.2) is 47.1 Å². The number of rotatable bonds is 9. The number of carbonyl (C=O) groups is 3. The SMILES string of the molecule is C[C@@H](O)[C@H]1C(=O)N2C(C(=O)OCc3ccc([N+](=O)[O-])cc3)=C(SC3CCC(/C=C/N4CCC4)N(C(=O)OC(C)(C)C)C3)[C@H](C)[C@H]12. The van der Waals surface area contributed by atoms with Gasteiger partial charge < -0.3 is 29.3 Å². The molecule has 1 N–H and O–H groups in total. The van der Waals surface area contributed by atoms with Gasteiger partial charge in [-0.3, -0.25) is 14.9 Å². The maximum Gasteiger partial charge on any atom is 0.410 e. The molecule has 2 unspecified atom stereocenters. The number of nitro benzene ring substituents is 1. The summed E-state index contributed by atoms with van der Waals surface area (Å²) in [5, 5.41) is 21.3. The highest BCUT2D eigenvalue weighted by molar-refractivity contribution is 8.03. The summed E-state index contributed by atoms with van der Waals surface area (Å²) in [6, 6.07) is 5.23. The highest BCUT2D eigenvalue weighted by Crippen LogP contribution is 2.52. The zero-order valence-corrected chi connectivity index (χ0v) is 27.2. The number of likely N-dealkylation sites (tertiary alicyclic amines) is 2. The molecule has 0 bridgehead atoms. The molecule has 4 aliphatic rings. The molecule has 0 radical (unpaired) electrons. The molecule has 5 rings (SSSR count). The fourth-order valence-electron chi connectivity index (χ4n) is 6.28. The Hall–Kier alpha value is -3.58. The van der Waals surface area contributed by atoms with E-state index in [1.807, 2.05) is 27.7 Å². The van der Waals surface area contributed by atoms with Crippen LogP contribution in [0.3, 0.4) is 0 Å². The molecule has 1 aromatic rings. The second kappa shape index (κ2) is 13.0. The van der Waals surface area contributed by atoms with E-state index in [2.05, 4.69) is 17.2 Å². The van der Waals surface area contributed by atoms with Crippen LogP contribution in [0.2, 0.25) is 0 Å². The molecule has 1 aromatic carbocycles. The molecule has 0 aromatic heterocycles. The molecule has 3 saturated heterocycles. The molecule has 2 amide bonds. The number of hydrogen-bond donors (Lipinski definition) is 1. The maximum atomic E-state index is 13.6. The smallest absolute Gasteiger partial charge is 0.410 e. The van der Waals surface area contributed by atoms with Crippen molar-refractivity contribution < 1.29 is 33.9 Å². The molecule has 6 atom stereocenters. The van der Waals surface area contributed by atoms with E-state index in [-0.39, 0.29) is 47.2 Å². The Labute approximate surface area is 267 Å². The minimum atomic E-state index is -0.876. The highest BCUT2D eigenvalue weighted by atomic mass is 32.2. The first-order chi connectivity index (χ1) is 21.2. The van der Waals surface area contributed by atoms with E-state index in [0.717, 1.165) is 25.9 Å². The predicted molar refractivity (Wildman–Crippen MR) is 168 cm³/mol. The van der Waals surface area contributed by atoms with Gasteiger partial charge in [-0.25, -0.2) is 9.59 Å². The number of nitro groups is 1. The van der Waals surface area contributed by atoms with Crippen molar-refractivity contribution in [2.45, 2.75) is 89.5 Å². The van der Waals surface area contributed by atoms with Crippen molar-refractivity contribution in [3.05, 3.63) is 62.8 Å². The minimum Gasteiger partial charge on any atom is -0.456 e. The number of aliphatic hydroxyl groups excluding tert-OH is 1. The number of piperidine rings is 1. The van der Waals surface area contributed by atoms with Gasteiger partial charge in [-0.1, -0.05) is 6.92 Å². The van der Waals surface area contributed by atoms with Gasteiger partial charge in [0.2, 0.25) is 5.91 Å². The fraction of sp³-hybridized carbons (Fsp3) is 0.594. The number of benzene rings is 1. The number of ether oxygens (including phenoxy) is 2. The van der Waals surface area contributed by atoms with Crippen molar-refractivity contribution in [2.75, 3.05) is 19.6 Å². The van der Waals surface area contributed by atoms with Crippen molar-refractivity contribution in [1.82, 2.24) is 14.7 Å². The van der Waals surface area contributed by atoms with Crippen LogP contribution in [-0.2, 0) is 25.7 Å². The summed E-state index contributed by atoms with van der Waals surface area (Å²) in [6.07, 6.45) is 5.51. The number of thioether (sulfide) groups is 1. The molecule has 4 aliphatic heterocycles. The van der Waals surface area contributed by atoms with Crippen LogP contribution in [-0.4, -0.2) is 91.4 Å². The fourth-order valence-corrected chi connectivity index (χ4v) is 7.77. The summed E-state index contributed by atoms with van der Waals surface area (Å²) in [7, 11) is 0. The lowest BCUT2D eigenvalue weighted by atomic mass is 9.79. The molecule has 0 saturated carbocycles. The third kappa shape index (κ3) is 6.99. The van der Waals surface area contributed by atoms with Crippen LogP contribution < -0.4 is 0 Å². The van der Waals surface area contributed by atoms with E-state index in [0.29, 0.717) is 23.4 Å². The van der Waals surface area contributed by atoms with Crippen molar-refractivity contribution in [3.63, 3.8) is 0 Å². The average molecular weight is 643 g/mol. The Bertz CT molecular complexity index is 1380. The van der Waals surface area contributed by atoms with Crippen LogP contribution >= 0.6 is 11.8 Å². The number of amides is 2. The van der Waals surface area contributed by atoms with Crippen molar-refractivity contribution in [3.8, 4) is 0 Å². The Morgan fingerprint density at radius 3 is 2.47 bits per heavy atom. The molecule has 13 heteroatoms. The van der Waals surface area contributed by atoms with Crippen LogP contribution in [0.4, 0.5) is 10.5 Å². The van der Waals surface area contributed by atoms with Gasteiger partial charge in [-0.15, -0.1) is 11.8 Å². The Balaban J connectivity index is 1.36. The number of carbonyl (C=O) groups excluding carboxylic acids is 3. The summed E-state index contributed by atoms with van der Waals surface area (Å²) in [5.74, 6) is -1.85. The zero-order chi connectivity index (χ0) is 32.6. The molecular formula is C32H42N4O8S. The van der Waals surface area contributed by atoms with Gasteiger partial charge >= 0.3 is 12.1 Å². The monoisotopic (exact) mass is 642 g/mol. The number of aliphatic hydroxyl groups is 1. The molecule has 3 fully saturated rings. The lowest BCUT2D eigenvalue weighted by molar-refractivity contribution is -0.384. The third-order valence-corrected chi connectivity index (χ3v) is 10.3. The number of fused-ring (bicyclic) bond motifs is 1. The van der Waals surface area contributed by atoms with E-state index in [1.165, 1.54) is 40.9 Å². The largest absolute Gasteiger partial charge is 0.456 e. The number of nitrogens with zero attached hydrogens (tertiary/aromatic N) is 4. The van der Waals surface area contributed by atoms with E-state index in [1.54, 1.807) is 11.8 Å². The van der Waals surface area contributed by atoms with Crippen LogP contribution in [0.5, 0.6) is 0 Å². The van der Waals surface area contributed by atoms with Crippen LogP contribution in [0, 0.1) is 22.0 Å². The maximum absolute atomic E-state index is 13.6. The summed E-state index contributed by atoms with van der Waals surface area (Å²) < 4.78 is 11.4. The summed E-state index contributed by atoms with van der Waals surface area (Å²) in [5.41, 5.74) is 0.0144. The Kier molecular flexibility index (Phi) is 9.50. The summed E-state index contributed by atoms with van der Waals surface area (Å²) in [4.78, 5) is 56.8. The lowest BCUT2D eigenvalue weighted by Crippen LogP contribution is -2.63. The van der Waals surface area contributed by atoms with Gasteiger partial charge in [0.25, 0.3) is 5.69 Å². The summed E-state index contributed by atoms with van der Waals surface area (Å²) in [6.45, 7) is 11.3. The number of esters is 1. The van der Waals surface area contributed by atoms with Gasteiger partial charge in [0.1, 0.15) is 17.9 Å². The van der Waals surface area contributed by atoms with Crippen LogP contribution in [0.1, 0.15) is 59.4 Å². The topological polar surface area (TPSA) is 143 Å². The standard InChI is InChI=1S/C32H42N4O8S/c1-19-26-25(20(2)37)29(38)35(26)27(30(39)43-18-21-7-9-23(10-8-21)36(41)42)28(19)45-24-12-11-22(13-16-33-14-6-15-33)34(17-24)31(40)44-32(3,4)5/h7-10,13,16,19-20,22,24-26,37H,6,11-12,14-15,17-18H2,1-5H3/b16-13+/t19-,20-,22?,24?,25-,26-/m1/s1. The Morgan fingerprint density at radius 1 is 1.20 bits per heavy atom. The second-order valence-electron chi connectivity index (χ2n) is 13.2. The highest BCUT2D eigenvalue weighted by Gasteiger charge is 2.60. The van der Waals surface area contributed by atoms with Crippen molar-refractivity contribution in [1.29, 1.82) is 0 Å². The molecule has 244 valence electrons. The molecule has 0 spiro atoms. The first kappa shape index (κ1) is 32.8. The normalized spacial score (nSPS) is 27.2. The quantitative estimate of drug-likeness (QED) is 0.178. The summed E-state index contributed by atoms with van der Waals surface area (Å²) >= 11 is 1.49. The number of hydrogen-bond acceptors (Lipinski definition) is 10. The molecule has 12 nitrogen and oxygen atoms in total. The van der Waals surface area contributed by atoms with E-state index in [9.17, 15) is 29.6 Å². The number of non-ortho nitro benzene ring substituents is 1. The first-order valence-corrected chi connectivity index (χ1v) is 16.4. The Morgan fingerprint density at radius 2 is 1.89 bits per heavy atom. The van der Waals surface area contributed by atoms with E-state index >= 15 is 0 Å². The van der Waals surface area contributed by atoms with Gasteiger partial charge in [-0.2, -0.15) is 0 Å². The number of β-lactam (4-membered cyclic amide) rings is 1.